The van der Waals surface area contributed by atoms with Crippen LogP contribution in [-0.4, -0.2) is 20.3 Å². The molecule has 21 heavy (non-hydrogen) atoms. The summed E-state index contributed by atoms with van der Waals surface area (Å²) in [6, 6.07) is 5.60. The van der Waals surface area contributed by atoms with Gasteiger partial charge in [-0.25, -0.2) is 9.97 Å². The van der Waals surface area contributed by atoms with E-state index in [1.807, 2.05) is 35.7 Å². The smallest absolute Gasteiger partial charge is 0.250 e. The topological polar surface area (TPSA) is 59.3 Å². The normalized spacial score (nSPS) is 11.3. The average Bonchev–Trinajstić information content (AvgIpc) is 2.99. The van der Waals surface area contributed by atoms with Gasteiger partial charge in [0.05, 0.1) is 5.69 Å². The number of fused-ring (bicyclic) bond motifs is 1. The Bertz CT molecular complexity index is 836. The SMILES string of the molecule is Cc1cnc(NC(=O)/C=C/c2c(Cl)nc3ccccn23)s1. The molecule has 3 aromatic heterocycles. The summed E-state index contributed by atoms with van der Waals surface area (Å²) in [5, 5.41) is 3.63. The van der Waals surface area contributed by atoms with E-state index in [0.717, 1.165) is 10.5 Å². The van der Waals surface area contributed by atoms with Gasteiger partial charge in [-0.15, -0.1) is 11.3 Å². The summed E-state index contributed by atoms with van der Waals surface area (Å²) in [4.78, 5) is 21.2. The highest BCUT2D eigenvalue weighted by Crippen LogP contribution is 2.19. The number of anilines is 1. The van der Waals surface area contributed by atoms with Crippen LogP contribution in [0.15, 0.2) is 36.7 Å². The van der Waals surface area contributed by atoms with Gasteiger partial charge in [0.25, 0.3) is 0 Å². The van der Waals surface area contributed by atoms with Crippen LogP contribution in [0.5, 0.6) is 0 Å². The van der Waals surface area contributed by atoms with Gasteiger partial charge in [0.1, 0.15) is 5.65 Å². The van der Waals surface area contributed by atoms with Crippen LogP contribution in [0.1, 0.15) is 10.6 Å². The van der Waals surface area contributed by atoms with Gasteiger partial charge < -0.3 is 0 Å². The minimum Gasteiger partial charge on any atom is -0.299 e. The molecule has 0 fully saturated rings. The Morgan fingerprint density at radius 1 is 1.48 bits per heavy atom. The number of hydrogen-bond donors (Lipinski definition) is 1. The molecule has 0 saturated heterocycles. The number of imidazole rings is 1. The van der Waals surface area contributed by atoms with E-state index in [1.165, 1.54) is 17.4 Å². The van der Waals surface area contributed by atoms with E-state index < -0.39 is 0 Å². The maximum absolute atomic E-state index is 11.9. The van der Waals surface area contributed by atoms with Crippen molar-refractivity contribution in [3.8, 4) is 0 Å². The molecule has 0 unspecified atom stereocenters. The Morgan fingerprint density at radius 2 is 2.33 bits per heavy atom. The number of rotatable bonds is 3. The first-order valence-corrected chi connectivity index (χ1v) is 7.37. The minimum absolute atomic E-state index is 0.258. The number of aromatic nitrogens is 3. The minimum atomic E-state index is -0.258. The van der Waals surface area contributed by atoms with E-state index in [2.05, 4.69) is 15.3 Å². The van der Waals surface area contributed by atoms with Crippen molar-refractivity contribution in [3.05, 3.63) is 52.4 Å². The van der Waals surface area contributed by atoms with Crippen LogP contribution < -0.4 is 5.32 Å². The molecule has 7 heteroatoms. The summed E-state index contributed by atoms with van der Waals surface area (Å²) in [5.74, 6) is -0.258. The number of pyridine rings is 1. The second kappa shape index (κ2) is 5.67. The fourth-order valence-electron chi connectivity index (χ4n) is 1.85. The summed E-state index contributed by atoms with van der Waals surface area (Å²) >= 11 is 7.51. The third-order valence-electron chi connectivity index (χ3n) is 2.77. The fourth-order valence-corrected chi connectivity index (χ4v) is 2.76. The molecular formula is C14H11ClN4OS. The van der Waals surface area contributed by atoms with Crippen LogP contribution in [0, 0.1) is 6.92 Å². The zero-order valence-corrected chi connectivity index (χ0v) is 12.6. The molecular weight excluding hydrogens is 308 g/mol. The largest absolute Gasteiger partial charge is 0.299 e. The maximum Gasteiger partial charge on any atom is 0.250 e. The number of amides is 1. The highest BCUT2D eigenvalue weighted by Gasteiger charge is 2.07. The Hall–Kier alpha value is -2.18. The lowest BCUT2D eigenvalue weighted by Crippen LogP contribution is -2.07. The zero-order valence-electron chi connectivity index (χ0n) is 11.1. The third-order valence-corrected chi connectivity index (χ3v) is 3.87. The first-order valence-electron chi connectivity index (χ1n) is 6.17. The second-order valence-electron chi connectivity index (χ2n) is 4.32. The van der Waals surface area contributed by atoms with Crippen molar-refractivity contribution in [1.82, 2.24) is 14.4 Å². The van der Waals surface area contributed by atoms with Crippen LogP contribution in [0.2, 0.25) is 5.15 Å². The number of aryl methyl sites for hydroxylation is 1. The van der Waals surface area contributed by atoms with Crippen molar-refractivity contribution >= 4 is 45.7 Å². The molecule has 0 atom stereocenters. The molecule has 0 aliphatic heterocycles. The van der Waals surface area contributed by atoms with Crippen LogP contribution >= 0.6 is 22.9 Å². The molecule has 0 saturated carbocycles. The van der Waals surface area contributed by atoms with E-state index in [0.29, 0.717) is 16.0 Å². The van der Waals surface area contributed by atoms with Crippen molar-refractivity contribution in [2.24, 2.45) is 0 Å². The number of thiazole rings is 1. The van der Waals surface area contributed by atoms with Crippen LogP contribution in [0.4, 0.5) is 5.13 Å². The van der Waals surface area contributed by atoms with E-state index in [-0.39, 0.29) is 5.91 Å². The van der Waals surface area contributed by atoms with Gasteiger partial charge in [0, 0.05) is 23.3 Å². The Morgan fingerprint density at radius 3 is 3.10 bits per heavy atom. The molecule has 1 N–H and O–H groups in total. The standard InChI is InChI=1S/C14H11ClN4OS/c1-9-8-16-14(21-9)18-12(20)6-5-10-13(15)17-11-4-2-3-7-19(10)11/h2-8H,1H3,(H,16,18,20)/b6-5+. The Labute approximate surface area is 129 Å². The van der Waals surface area contributed by atoms with E-state index in [9.17, 15) is 4.79 Å². The number of nitrogens with one attached hydrogen (secondary N) is 1. The van der Waals surface area contributed by atoms with E-state index in [4.69, 9.17) is 11.6 Å². The van der Waals surface area contributed by atoms with Crippen LogP contribution in [-0.2, 0) is 4.79 Å². The lowest BCUT2D eigenvalue weighted by molar-refractivity contribution is -0.111. The monoisotopic (exact) mass is 318 g/mol. The third kappa shape index (κ3) is 2.96. The number of halogens is 1. The van der Waals surface area contributed by atoms with Crippen molar-refractivity contribution in [3.63, 3.8) is 0 Å². The number of carbonyl (C=O) groups excluding carboxylic acids is 1. The fraction of sp³-hybridized carbons (Fsp3) is 0.0714. The van der Waals surface area contributed by atoms with Crippen molar-refractivity contribution < 1.29 is 4.79 Å². The lowest BCUT2D eigenvalue weighted by atomic mass is 10.4. The summed E-state index contributed by atoms with van der Waals surface area (Å²) in [6.07, 6.45) is 6.61. The predicted octanol–water partition coefficient (Wildman–Crippen LogP) is 3.40. The number of carbonyl (C=O) groups is 1. The van der Waals surface area contributed by atoms with E-state index in [1.54, 1.807) is 12.3 Å². The van der Waals surface area contributed by atoms with Crippen molar-refractivity contribution in [1.29, 1.82) is 0 Å². The summed E-state index contributed by atoms with van der Waals surface area (Å²) in [5.41, 5.74) is 1.40. The highest BCUT2D eigenvalue weighted by molar-refractivity contribution is 7.15. The molecule has 1 amide bonds. The summed E-state index contributed by atoms with van der Waals surface area (Å²) in [7, 11) is 0. The molecule has 0 aromatic carbocycles. The molecule has 3 aromatic rings. The average molecular weight is 319 g/mol. The van der Waals surface area contributed by atoms with Crippen LogP contribution in [0.25, 0.3) is 11.7 Å². The van der Waals surface area contributed by atoms with Gasteiger partial charge in [-0.2, -0.15) is 0 Å². The Balaban J connectivity index is 1.81. The molecule has 0 bridgehead atoms. The highest BCUT2D eigenvalue weighted by atomic mass is 35.5. The van der Waals surface area contributed by atoms with Gasteiger partial charge in [-0.3, -0.25) is 14.5 Å². The molecule has 106 valence electrons. The molecule has 3 rings (SSSR count). The maximum atomic E-state index is 11.9. The lowest BCUT2D eigenvalue weighted by Gasteiger charge is -1.97. The van der Waals surface area contributed by atoms with Crippen molar-refractivity contribution in [2.45, 2.75) is 6.92 Å². The van der Waals surface area contributed by atoms with E-state index >= 15 is 0 Å². The first-order chi connectivity index (χ1) is 10.1. The molecule has 0 aliphatic rings. The summed E-state index contributed by atoms with van der Waals surface area (Å²) in [6.45, 7) is 1.93. The number of hydrogen-bond acceptors (Lipinski definition) is 4. The van der Waals surface area contributed by atoms with Gasteiger partial charge in [0.2, 0.25) is 5.91 Å². The van der Waals surface area contributed by atoms with Gasteiger partial charge in [-0.05, 0) is 25.1 Å². The first kappa shape index (κ1) is 13.8. The second-order valence-corrected chi connectivity index (χ2v) is 5.91. The van der Waals surface area contributed by atoms with Crippen LogP contribution in [0.3, 0.4) is 0 Å². The predicted molar refractivity (Wildman–Crippen MR) is 84.7 cm³/mol. The zero-order chi connectivity index (χ0) is 14.8. The Kier molecular flexibility index (Phi) is 3.72. The van der Waals surface area contributed by atoms with Gasteiger partial charge in [-0.1, -0.05) is 17.7 Å². The quantitative estimate of drug-likeness (QED) is 0.753. The van der Waals surface area contributed by atoms with Gasteiger partial charge >= 0.3 is 0 Å². The van der Waals surface area contributed by atoms with Gasteiger partial charge in [0.15, 0.2) is 10.3 Å². The van der Waals surface area contributed by atoms with Crippen molar-refractivity contribution in [2.75, 3.05) is 5.32 Å². The molecule has 0 aliphatic carbocycles. The molecule has 0 spiro atoms. The molecule has 3 heterocycles. The summed E-state index contributed by atoms with van der Waals surface area (Å²) < 4.78 is 1.82. The molecule has 0 radical (unpaired) electrons. The molecule has 5 nitrogen and oxygen atoms in total. The number of nitrogens with zero attached hydrogens (tertiary/aromatic N) is 3.